The van der Waals surface area contributed by atoms with Crippen LogP contribution >= 0.6 is 0 Å². The second kappa shape index (κ2) is 31.5. The van der Waals surface area contributed by atoms with Gasteiger partial charge in [-0.1, -0.05) is 129 Å². The average Bonchev–Trinajstić information content (AvgIpc) is 3.19. The highest BCUT2D eigenvalue weighted by Gasteiger charge is 2.21. The van der Waals surface area contributed by atoms with Gasteiger partial charge < -0.3 is 29.0 Å². The van der Waals surface area contributed by atoms with Gasteiger partial charge in [-0.25, -0.2) is 0 Å². The van der Waals surface area contributed by atoms with Crippen LogP contribution in [0.3, 0.4) is 0 Å². The Labute approximate surface area is 337 Å². The first-order valence-corrected chi connectivity index (χ1v) is 22.2. The zero-order valence-electron chi connectivity index (χ0n) is 35.6. The topological polar surface area (TPSA) is 77.5 Å². The predicted octanol–water partition coefficient (Wildman–Crippen LogP) is 11.4. The number of aliphatic hydroxyl groups is 1. The summed E-state index contributed by atoms with van der Waals surface area (Å²) in [5.74, 6) is 1.57. The molecule has 4 unspecified atom stereocenters. The van der Waals surface area contributed by atoms with E-state index in [1.165, 1.54) is 101 Å². The summed E-state index contributed by atoms with van der Waals surface area (Å²) in [4.78, 5) is 14.5. The van der Waals surface area contributed by atoms with Crippen molar-refractivity contribution in [2.75, 3.05) is 33.0 Å². The third-order valence-corrected chi connectivity index (χ3v) is 10.6. The Morgan fingerprint density at radius 3 is 1.62 bits per heavy atom. The van der Waals surface area contributed by atoms with Gasteiger partial charge in [0, 0.05) is 26.4 Å². The molecule has 0 heterocycles. The number of hydrogen-bond acceptors (Lipinski definition) is 6. The highest BCUT2D eigenvalue weighted by molar-refractivity contribution is 5.73. The summed E-state index contributed by atoms with van der Waals surface area (Å²) in [5, 5.41) is 10.7. The van der Waals surface area contributed by atoms with E-state index in [1.807, 2.05) is 36.1 Å². The molecule has 0 saturated heterocycles. The van der Waals surface area contributed by atoms with Crippen molar-refractivity contribution in [3.63, 3.8) is 0 Å². The van der Waals surface area contributed by atoms with E-state index in [9.17, 15) is 9.90 Å². The number of aliphatic hydroxyl groups excluding tert-OH is 1. The lowest BCUT2D eigenvalue weighted by atomic mass is 10.0. The number of hydrogen-bond donors (Lipinski definition) is 1. The number of amides is 1. The molecule has 0 saturated carbocycles. The molecular weight excluding hydrogens is 687 g/mol. The Hall–Kier alpha value is -2.61. The van der Waals surface area contributed by atoms with E-state index in [0.717, 1.165) is 37.2 Å². The second-order valence-corrected chi connectivity index (χ2v) is 15.4. The number of unbranched alkanes of at least 4 members (excludes halogenated alkanes) is 12. The fourth-order valence-corrected chi connectivity index (χ4v) is 7.01. The molecule has 7 nitrogen and oxygen atoms in total. The molecule has 0 aliphatic rings. The van der Waals surface area contributed by atoms with Gasteiger partial charge in [0.1, 0.15) is 24.7 Å². The maximum Gasteiger partial charge on any atom is 0.219 e. The number of carbonyl (C=O) groups excluding carboxylic acids is 1. The normalized spacial score (nSPS) is 13.7. The number of carbonyl (C=O) groups is 1. The highest BCUT2D eigenvalue weighted by atomic mass is 16.6. The van der Waals surface area contributed by atoms with E-state index in [0.29, 0.717) is 32.6 Å². The molecule has 2 aromatic rings. The van der Waals surface area contributed by atoms with E-state index in [2.05, 4.69) is 45.0 Å². The summed E-state index contributed by atoms with van der Waals surface area (Å²) in [6, 6.07) is 16.6. The molecule has 2 radical (unpaired) electrons. The summed E-state index contributed by atoms with van der Waals surface area (Å²) in [6.45, 7) is 18.3. The van der Waals surface area contributed by atoms with Crippen LogP contribution in [-0.4, -0.2) is 73.2 Å². The Morgan fingerprint density at radius 2 is 1.15 bits per heavy atom. The molecule has 2 rings (SSSR count). The van der Waals surface area contributed by atoms with Gasteiger partial charge in [0.15, 0.2) is 0 Å². The molecule has 1 amide bonds. The number of nitrogens with zero attached hydrogens (tertiary/aromatic N) is 1. The maximum atomic E-state index is 12.6. The van der Waals surface area contributed by atoms with Crippen molar-refractivity contribution < 1.29 is 28.8 Å². The molecule has 0 bridgehead atoms. The summed E-state index contributed by atoms with van der Waals surface area (Å²) in [7, 11) is 0. The van der Waals surface area contributed by atoms with Gasteiger partial charge in [0.2, 0.25) is 5.91 Å². The van der Waals surface area contributed by atoms with E-state index in [4.69, 9.17) is 25.9 Å². The van der Waals surface area contributed by atoms with Gasteiger partial charge in [0.25, 0.3) is 0 Å². The monoisotopic (exact) mass is 766 g/mol. The van der Waals surface area contributed by atoms with Crippen molar-refractivity contribution in [1.82, 2.24) is 4.90 Å². The van der Waals surface area contributed by atoms with Crippen molar-refractivity contribution in [2.45, 2.75) is 187 Å². The minimum Gasteiger partial charge on any atom is -0.491 e. The average molecular weight is 766 g/mol. The first-order valence-electron chi connectivity index (χ1n) is 22.2. The van der Waals surface area contributed by atoms with Crippen molar-refractivity contribution in [2.24, 2.45) is 0 Å². The van der Waals surface area contributed by atoms with E-state index < -0.39 is 12.2 Å². The van der Waals surface area contributed by atoms with Gasteiger partial charge in [0.05, 0.1) is 31.5 Å². The molecular formula is C48H79NO6. The van der Waals surface area contributed by atoms with Crippen LogP contribution in [0.4, 0.5) is 0 Å². The molecule has 4 atom stereocenters. The Balaban J connectivity index is 1.63. The standard InChI is InChI=1S/C48H79NO6/c1-7-11-13-15-17-19-21-23-42-25-31-47(32-26-42)53-37-40(5)55-46(10-4)39-52-36-35-49(41(6)50)44(9-3)29-30-45(51)38-54-48-33-27-43(28-34-48)24-22-20-18-16-14-12-8-2/h5,25-28,31-34,40,44-46,51H,7-24,29-30,35-39H2,1-4,6H3. The molecule has 312 valence electrons. The van der Waals surface area contributed by atoms with E-state index in [1.54, 1.807) is 6.92 Å². The zero-order chi connectivity index (χ0) is 39.9. The molecule has 0 aliphatic carbocycles. The number of rotatable bonds is 35. The van der Waals surface area contributed by atoms with E-state index in [-0.39, 0.29) is 31.3 Å². The fraction of sp³-hybridized carbons (Fsp3) is 0.708. The second-order valence-electron chi connectivity index (χ2n) is 15.4. The van der Waals surface area contributed by atoms with Crippen LogP contribution in [0.2, 0.25) is 0 Å². The maximum absolute atomic E-state index is 12.6. The molecule has 0 aromatic heterocycles. The molecule has 0 fully saturated rings. The van der Waals surface area contributed by atoms with Crippen LogP contribution < -0.4 is 9.47 Å². The van der Waals surface area contributed by atoms with Gasteiger partial charge in [-0.2, -0.15) is 0 Å². The van der Waals surface area contributed by atoms with Gasteiger partial charge >= 0.3 is 0 Å². The van der Waals surface area contributed by atoms with Crippen LogP contribution in [0.1, 0.15) is 161 Å². The first-order chi connectivity index (χ1) is 26.8. The summed E-state index contributed by atoms with van der Waals surface area (Å²) >= 11 is 0. The predicted molar refractivity (Wildman–Crippen MR) is 228 cm³/mol. The molecule has 1 N–H and O–H groups in total. The third-order valence-electron chi connectivity index (χ3n) is 10.6. The minimum atomic E-state index is -0.610. The third kappa shape index (κ3) is 23.3. The Morgan fingerprint density at radius 1 is 0.655 bits per heavy atom. The first kappa shape index (κ1) is 48.5. The van der Waals surface area contributed by atoms with Crippen molar-refractivity contribution in [1.29, 1.82) is 0 Å². The molecule has 2 aromatic carbocycles. The summed E-state index contributed by atoms with van der Waals surface area (Å²) in [5.41, 5.74) is 2.67. The van der Waals surface area contributed by atoms with Crippen molar-refractivity contribution in [3.05, 3.63) is 66.6 Å². The minimum absolute atomic E-state index is 0.00562. The number of benzene rings is 2. The molecule has 0 aliphatic heterocycles. The molecule has 0 spiro atoms. The molecule has 7 heteroatoms. The quantitative estimate of drug-likeness (QED) is 0.0704. The summed E-state index contributed by atoms with van der Waals surface area (Å²) in [6.07, 6.45) is 22.0. The van der Waals surface area contributed by atoms with Gasteiger partial charge in [-0.15, -0.1) is 0 Å². The number of aryl methyl sites for hydroxylation is 2. The van der Waals surface area contributed by atoms with Crippen LogP contribution in [0.5, 0.6) is 11.5 Å². The zero-order valence-corrected chi connectivity index (χ0v) is 35.6. The SMILES string of the molecule is [CH]C(COc1ccc(CCCCCCCCC)cc1)OC(CC)COCCN(C(C)=O)C(CC)CCC(O)COc1ccc(CCCCCCCCC)cc1. The lowest BCUT2D eigenvalue weighted by molar-refractivity contribution is -0.132. The molecule has 55 heavy (non-hydrogen) atoms. The lowest BCUT2D eigenvalue weighted by Gasteiger charge is -2.31. The van der Waals surface area contributed by atoms with E-state index >= 15 is 0 Å². The lowest BCUT2D eigenvalue weighted by Crippen LogP contribution is -2.41. The summed E-state index contributed by atoms with van der Waals surface area (Å²) < 4.78 is 23.8. The van der Waals surface area contributed by atoms with Gasteiger partial charge in [-0.05, 0) is 86.8 Å². The fourth-order valence-electron chi connectivity index (χ4n) is 7.01. The van der Waals surface area contributed by atoms with Crippen LogP contribution in [0, 0.1) is 6.92 Å². The van der Waals surface area contributed by atoms with Crippen molar-refractivity contribution >= 4 is 5.91 Å². The van der Waals surface area contributed by atoms with Crippen LogP contribution in [0.25, 0.3) is 0 Å². The van der Waals surface area contributed by atoms with Gasteiger partial charge in [-0.3, -0.25) is 4.79 Å². The van der Waals surface area contributed by atoms with Crippen LogP contribution in [0.15, 0.2) is 48.5 Å². The Bertz CT molecular complexity index is 1190. The van der Waals surface area contributed by atoms with Crippen molar-refractivity contribution in [3.8, 4) is 11.5 Å². The number of ether oxygens (including phenoxy) is 4. The smallest absolute Gasteiger partial charge is 0.219 e. The largest absolute Gasteiger partial charge is 0.491 e. The van der Waals surface area contributed by atoms with Crippen LogP contribution in [-0.2, 0) is 27.1 Å². The highest BCUT2D eigenvalue weighted by Crippen LogP contribution is 2.19. The Kier molecular flexibility index (Phi) is 27.8.